The van der Waals surface area contributed by atoms with Crippen LogP contribution in [0, 0.1) is 11.8 Å². The maximum absolute atomic E-state index is 9.32. The van der Waals surface area contributed by atoms with Crippen LogP contribution in [0.25, 0.3) is 0 Å². The summed E-state index contributed by atoms with van der Waals surface area (Å²) in [6, 6.07) is 0. The molecule has 4 nitrogen and oxygen atoms in total. The van der Waals surface area contributed by atoms with Crippen molar-refractivity contribution in [2.45, 2.75) is 19.4 Å². The van der Waals surface area contributed by atoms with Gasteiger partial charge in [-0.05, 0) is 6.92 Å². The molecule has 1 heterocycles. The minimum absolute atomic E-state index is 0.406. The van der Waals surface area contributed by atoms with Gasteiger partial charge in [-0.2, -0.15) is 15.4 Å². The Morgan fingerprint density at radius 2 is 2.64 bits per heavy atom. The van der Waals surface area contributed by atoms with E-state index < -0.39 is 6.10 Å². The standard InChI is InChI=1S/C7H9N3O/c1-2-3-4-7(11)6-5-8-10-9-6/h5,7,11H,4H2,1H3,(H,8,9,10). The molecule has 0 radical (unpaired) electrons. The van der Waals surface area contributed by atoms with Crippen LogP contribution in [-0.2, 0) is 0 Å². The van der Waals surface area contributed by atoms with Gasteiger partial charge in [0.2, 0.25) is 0 Å². The zero-order valence-electron chi connectivity index (χ0n) is 6.20. The average molecular weight is 151 g/mol. The third-order valence-corrected chi connectivity index (χ3v) is 1.25. The molecule has 0 aliphatic carbocycles. The van der Waals surface area contributed by atoms with Crippen LogP contribution in [-0.4, -0.2) is 20.5 Å². The van der Waals surface area contributed by atoms with Gasteiger partial charge in [0.1, 0.15) is 11.8 Å². The van der Waals surface area contributed by atoms with Gasteiger partial charge in [-0.25, -0.2) is 0 Å². The Kier molecular flexibility index (Phi) is 2.64. The predicted octanol–water partition coefficient (Wildman–Crippen LogP) is 0.251. The van der Waals surface area contributed by atoms with E-state index in [2.05, 4.69) is 27.3 Å². The first kappa shape index (κ1) is 7.76. The third-order valence-electron chi connectivity index (χ3n) is 1.25. The minimum atomic E-state index is -0.624. The lowest BCUT2D eigenvalue weighted by molar-refractivity contribution is 0.179. The second kappa shape index (κ2) is 3.74. The summed E-state index contributed by atoms with van der Waals surface area (Å²) in [4.78, 5) is 0. The lowest BCUT2D eigenvalue weighted by Crippen LogP contribution is -1.95. The van der Waals surface area contributed by atoms with E-state index >= 15 is 0 Å². The van der Waals surface area contributed by atoms with E-state index in [0.717, 1.165) is 0 Å². The number of hydrogen-bond acceptors (Lipinski definition) is 3. The molecule has 0 aliphatic rings. The van der Waals surface area contributed by atoms with Gasteiger partial charge in [-0.1, -0.05) is 0 Å². The predicted molar refractivity (Wildman–Crippen MR) is 39.4 cm³/mol. The van der Waals surface area contributed by atoms with Crippen molar-refractivity contribution in [2.75, 3.05) is 0 Å². The Hall–Kier alpha value is -1.34. The number of aliphatic hydroxyl groups is 1. The van der Waals surface area contributed by atoms with Crippen molar-refractivity contribution in [3.8, 4) is 11.8 Å². The van der Waals surface area contributed by atoms with Gasteiger partial charge in [0, 0.05) is 6.42 Å². The second-order valence-electron chi connectivity index (χ2n) is 2.04. The van der Waals surface area contributed by atoms with Crippen LogP contribution >= 0.6 is 0 Å². The molecule has 1 atom stereocenters. The van der Waals surface area contributed by atoms with Crippen molar-refractivity contribution in [2.24, 2.45) is 0 Å². The number of aromatic nitrogens is 3. The molecule has 1 aromatic rings. The topological polar surface area (TPSA) is 61.8 Å². The lowest BCUT2D eigenvalue weighted by Gasteiger charge is -1.99. The molecule has 0 amide bonds. The Morgan fingerprint density at radius 3 is 3.18 bits per heavy atom. The van der Waals surface area contributed by atoms with E-state index in [1.165, 1.54) is 6.20 Å². The average Bonchev–Trinajstić information content (AvgIpc) is 2.52. The molecule has 0 aliphatic heterocycles. The molecule has 1 unspecified atom stereocenters. The van der Waals surface area contributed by atoms with Gasteiger partial charge in [0.05, 0.1) is 6.20 Å². The normalized spacial score (nSPS) is 11.8. The Morgan fingerprint density at radius 1 is 1.82 bits per heavy atom. The summed E-state index contributed by atoms with van der Waals surface area (Å²) < 4.78 is 0. The maximum atomic E-state index is 9.32. The minimum Gasteiger partial charge on any atom is -0.386 e. The van der Waals surface area contributed by atoms with E-state index in [4.69, 9.17) is 0 Å². The SMILES string of the molecule is CC#CCC(O)c1cn[nH]n1. The maximum Gasteiger partial charge on any atom is 0.112 e. The smallest absolute Gasteiger partial charge is 0.112 e. The highest BCUT2D eigenvalue weighted by atomic mass is 16.3. The quantitative estimate of drug-likeness (QED) is 0.595. The molecule has 0 bridgehead atoms. The van der Waals surface area contributed by atoms with Gasteiger partial charge in [-0.3, -0.25) is 0 Å². The summed E-state index contributed by atoms with van der Waals surface area (Å²) in [6.07, 6.45) is 1.27. The van der Waals surface area contributed by atoms with Gasteiger partial charge in [0.15, 0.2) is 0 Å². The fourth-order valence-electron chi connectivity index (χ4n) is 0.674. The summed E-state index contributed by atoms with van der Waals surface area (Å²) >= 11 is 0. The molecule has 11 heavy (non-hydrogen) atoms. The van der Waals surface area contributed by atoms with Crippen molar-refractivity contribution in [3.63, 3.8) is 0 Å². The first-order valence-corrected chi connectivity index (χ1v) is 3.28. The first-order valence-electron chi connectivity index (χ1n) is 3.28. The molecular formula is C7H9N3O. The van der Waals surface area contributed by atoms with Crippen LogP contribution in [0.2, 0.25) is 0 Å². The molecule has 4 heteroatoms. The second-order valence-corrected chi connectivity index (χ2v) is 2.04. The molecule has 0 saturated heterocycles. The van der Waals surface area contributed by atoms with Crippen LogP contribution in [0.15, 0.2) is 6.20 Å². The summed E-state index contributed by atoms with van der Waals surface area (Å²) in [5, 5.41) is 19.0. The highest BCUT2D eigenvalue weighted by Crippen LogP contribution is 2.10. The summed E-state index contributed by atoms with van der Waals surface area (Å²) in [7, 11) is 0. The molecule has 0 saturated carbocycles. The number of hydrogen-bond donors (Lipinski definition) is 2. The van der Waals surface area contributed by atoms with E-state index in [0.29, 0.717) is 12.1 Å². The Labute approximate surface area is 64.6 Å². The molecule has 1 rings (SSSR count). The number of nitrogens with one attached hydrogen (secondary N) is 1. The van der Waals surface area contributed by atoms with E-state index in [1.54, 1.807) is 6.92 Å². The van der Waals surface area contributed by atoms with Gasteiger partial charge >= 0.3 is 0 Å². The first-order chi connectivity index (χ1) is 5.34. The van der Waals surface area contributed by atoms with Gasteiger partial charge < -0.3 is 5.11 Å². The number of aliphatic hydroxyl groups excluding tert-OH is 1. The van der Waals surface area contributed by atoms with E-state index in [-0.39, 0.29) is 0 Å². The lowest BCUT2D eigenvalue weighted by atomic mass is 10.2. The van der Waals surface area contributed by atoms with Gasteiger partial charge in [-0.15, -0.1) is 11.8 Å². The van der Waals surface area contributed by atoms with Crippen LogP contribution in [0.4, 0.5) is 0 Å². The van der Waals surface area contributed by atoms with Gasteiger partial charge in [0.25, 0.3) is 0 Å². The number of nitrogens with zero attached hydrogens (tertiary/aromatic N) is 2. The van der Waals surface area contributed by atoms with Crippen LogP contribution in [0.3, 0.4) is 0 Å². The number of aromatic amines is 1. The van der Waals surface area contributed by atoms with Crippen molar-refractivity contribution < 1.29 is 5.11 Å². The van der Waals surface area contributed by atoms with E-state index in [1.807, 2.05) is 0 Å². The highest BCUT2D eigenvalue weighted by molar-refractivity contribution is 5.04. The molecular weight excluding hydrogens is 142 g/mol. The zero-order valence-corrected chi connectivity index (χ0v) is 6.20. The summed E-state index contributed by atoms with van der Waals surface area (Å²) in [5.41, 5.74) is 0.535. The Bertz CT molecular complexity index is 257. The Balaban J connectivity index is 2.53. The molecule has 0 spiro atoms. The zero-order chi connectivity index (χ0) is 8.10. The van der Waals surface area contributed by atoms with Crippen LogP contribution in [0.1, 0.15) is 25.1 Å². The molecule has 58 valence electrons. The van der Waals surface area contributed by atoms with Crippen molar-refractivity contribution in [1.29, 1.82) is 0 Å². The molecule has 0 fully saturated rings. The van der Waals surface area contributed by atoms with E-state index in [9.17, 15) is 5.11 Å². The summed E-state index contributed by atoms with van der Waals surface area (Å²) in [5.74, 6) is 5.45. The van der Waals surface area contributed by atoms with Crippen molar-refractivity contribution in [1.82, 2.24) is 15.4 Å². The fraction of sp³-hybridized carbons (Fsp3) is 0.429. The van der Waals surface area contributed by atoms with Crippen LogP contribution < -0.4 is 0 Å². The highest BCUT2D eigenvalue weighted by Gasteiger charge is 2.07. The summed E-state index contributed by atoms with van der Waals surface area (Å²) in [6.45, 7) is 1.73. The number of rotatable bonds is 2. The number of H-pyrrole nitrogens is 1. The largest absolute Gasteiger partial charge is 0.386 e. The van der Waals surface area contributed by atoms with Crippen molar-refractivity contribution >= 4 is 0 Å². The van der Waals surface area contributed by atoms with Crippen molar-refractivity contribution in [3.05, 3.63) is 11.9 Å². The molecule has 0 aromatic carbocycles. The monoisotopic (exact) mass is 151 g/mol. The third kappa shape index (κ3) is 2.06. The van der Waals surface area contributed by atoms with Crippen LogP contribution in [0.5, 0.6) is 0 Å². The molecule has 1 aromatic heterocycles. The fourth-order valence-corrected chi connectivity index (χ4v) is 0.674. The molecule has 2 N–H and O–H groups in total.